The van der Waals surface area contributed by atoms with E-state index in [1.807, 2.05) is 30.3 Å². The molecule has 0 spiro atoms. The van der Waals surface area contributed by atoms with Gasteiger partial charge < -0.3 is 0 Å². The first kappa shape index (κ1) is 10.9. The Balaban J connectivity index is 2.08. The zero-order valence-corrected chi connectivity index (χ0v) is 9.72. The van der Waals surface area contributed by atoms with Crippen LogP contribution in [0.5, 0.6) is 0 Å². The monoisotopic (exact) mass is 240 g/mol. The Hall–Kier alpha value is -2.23. The summed E-state index contributed by atoms with van der Waals surface area (Å²) in [7, 11) is 0. The van der Waals surface area contributed by atoms with Crippen LogP contribution in [0.3, 0.4) is 0 Å². The maximum atomic E-state index is 11.4. The highest BCUT2D eigenvalue weighted by atomic mass is 16.2. The number of imide groups is 1. The number of hydrogen-bond acceptors (Lipinski definition) is 3. The van der Waals surface area contributed by atoms with E-state index in [-0.39, 0.29) is 17.7 Å². The molecule has 0 atom stereocenters. The summed E-state index contributed by atoms with van der Waals surface area (Å²) < 4.78 is 0. The molecule has 4 heteroatoms. The third kappa shape index (κ3) is 1.86. The fraction of sp³-hybridized carbons (Fsp3) is 0.214. The summed E-state index contributed by atoms with van der Waals surface area (Å²) in [6, 6.07) is 9.74. The molecule has 0 unspecified atom stereocenters. The van der Waals surface area contributed by atoms with Crippen molar-refractivity contribution in [2.24, 2.45) is 0 Å². The summed E-state index contributed by atoms with van der Waals surface area (Å²) in [5.41, 5.74) is 1.86. The number of aromatic nitrogens is 1. The van der Waals surface area contributed by atoms with Crippen molar-refractivity contribution in [1.82, 2.24) is 10.3 Å². The van der Waals surface area contributed by atoms with Crippen molar-refractivity contribution in [3.63, 3.8) is 0 Å². The number of carbonyl (C=O) groups excluding carboxylic acids is 2. The minimum Gasteiger partial charge on any atom is -0.296 e. The van der Waals surface area contributed by atoms with E-state index in [1.54, 1.807) is 6.20 Å². The van der Waals surface area contributed by atoms with Crippen LogP contribution in [-0.4, -0.2) is 16.8 Å². The van der Waals surface area contributed by atoms with Crippen LogP contribution in [0.15, 0.2) is 36.5 Å². The summed E-state index contributed by atoms with van der Waals surface area (Å²) in [5.74, 6) is -0.474. The Morgan fingerprint density at radius 2 is 1.78 bits per heavy atom. The molecule has 1 aliphatic rings. The number of pyridine rings is 1. The standard InChI is InChI=1S/C14H12N2O2/c17-12-7-10(8-13(18)16-12)11-5-1-3-9-4-2-6-15-14(9)11/h1-6,10H,7-8H2,(H,16,17,18). The van der Waals surface area contributed by atoms with Crippen LogP contribution in [0.1, 0.15) is 24.3 Å². The normalized spacial score (nSPS) is 16.9. The molecule has 1 fully saturated rings. The largest absolute Gasteiger partial charge is 0.296 e. The average molecular weight is 240 g/mol. The second kappa shape index (κ2) is 4.22. The number of rotatable bonds is 1. The van der Waals surface area contributed by atoms with Crippen LogP contribution in [0.25, 0.3) is 10.9 Å². The average Bonchev–Trinajstić information content (AvgIpc) is 2.37. The van der Waals surface area contributed by atoms with Crippen LogP contribution in [0.2, 0.25) is 0 Å². The van der Waals surface area contributed by atoms with Gasteiger partial charge in [-0.05, 0) is 11.6 Å². The lowest BCUT2D eigenvalue weighted by Gasteiger charge is -2.21. The lowest BCUT2D eigenvalue weighted by atomic mass is 9.88. The smallest absolute Gasteiger partial charge is 0.227 e. The first-order chi connectivity index (χ1) is 8.74. The summed E-state index contributed by atoms with van der Waals surface area (Å²) in [6.45, 7) is 0. The molecule has 18 heavy (non-hydrogen) atoms. The predicted molar refractivity (Wildman–Crippen MR) is 66.9 cm³/mol. The topological polar surface area (TPSA) is 59.1 Å². The van der Waals surface area contributed by atoms with Crippen molar-refractivity contribution in [3.05, 3.63) is 42.1 Å². The Labute approximate surface area is 104 Å². The highest BCUT2D eigenvalue weighted by Gasteiger charge is 2.27. The van der Waals surface area contributed by atoms with Gasteiger partial charge in [0, 0.05) is 30.3 Å². The zero-order chi connectivity index (χ0) is 12.5. The second-order valence-electron chi connectivity index (χ2n) is 4.50. The van der Waals surface area contributed by atoms with E-state index in [0.29, 0.717) is 12.8 Å². The van der Waals surface area contributed by atoms with E-state index in [1.165, 1.54) is 0 Å². The molecule has 1 aliphatic heterocycles. The van der Waals surface area contributed by atoms with Gasteiger partial charge in [0.1, 0.15) is 0 Å². The molecule has 2 heterocycles. The molecule has 1 saturated heterocycles. The van der Waals surface area contributed by atoms with Crippen LogP contribution in [0, 0.1) is 0 Å². The van der Waals surface area contributed by atoms with Crippen LogP contribution >= 0.6 is 0 Å². The van der Waals surface area contributed by atoms with Gasteiger partial charge in [0.25, 0.3) is 0 Å². The molecule has 4 nitrogen and oxygen atoms in total. The maximum Gasteiger partial charge on any atom is 0.227 e. The Bertz CT molecular complexity index is 615. The summed E-state index contributed by atoms with van der Waals surface area (Å²) in [6.07, 6.45) is 2.43. The number of carbonyl (C=O) groups is 2. The first-order valence-corrected chi connectivity index (χ1v) is 5.90. The molecule has 2 amide bonds. The molecule has 1 N–H and O–H groups in total. The fourth-order valence-electron chi connectivity index (χ4n) is 2.45. The van der Waals surface area contributed by atoms with E-state index in [4.69, 9.17) is 0 Å². The van der Waals surface area contributed by atoms with E-state index in [9.17, 15) is 9.59 Å². The number of benzene rings is 1. The van der Waals surface area contributed by atoms with Crippen molar-refractivity contribution in [1.29, 1.82) is 0 Å². The van der Waals surface area contributed by atoms with Gasteiger partial charge in [0.15, 0.2) is 0 Å². The highest BCUT2D eigenvalue weighted by molar-refractivity contribution is 5.99. The first-order valence-electron chi connectivity index (χ1n) is 5.90. The SMILES string of the molecule is O=C1CC(c2cccc3cccnc23)CC(=O)N1. The van der Waals surface area contributed by atoms with Crippen molar-refractivity contribution in [2.75, 3.05) is 0 Å². The maximum absolute atomic E-state index is 11.4. The van der Waals surface area contributed by atoms with E-state index in [2.05, 4.69) is 10.3 Å². The summed E-state index contributed by atoms with van der Waals surface area (Å²) in [4.78, 5) is 27.2. The molecular formula is C14H12N2O2. The third-order valence-corrected chi connectivity index (χ3v) is 3.25. The highest BCUT2D eigenvalue weighted by Crippen LogP contribution is 2.30. The van der Waals surface area contributed by atoms with Gasteiger partial charge >= 0.3 is 0 Å². The number of nitrogens with zero attached hydrogens (tertiary/aromatic N) is 1. The third-order valence-electron chi connectivity index (χ3n) is 3.25. The van der Waals surface area contributed by atoms with Gasteiger partial charge in [0.05, 0.1) is 5.52 Å². The van der Waals surface area contributed by atoms with Crippen LogP contribution < -0.4 is 5.32 Å². The molecule has 0 aliphatic carbocycles. The number of hydrogen-bond donors (Lipinski definition) is 1. The minimum absolute atomic E-state index is 0.0650. The second-order valence-corrected chi connectivity index (χ2v) is 4.50. The molecule has 1 aromatic carbocycles. The number of nitrogens with one attached hydrogen (secondary N) is 1. The lowest BCUT2D eigenvalue weighted by molar-refractivity contribution is -0.133. The Morgan fingerprint density at radius 3 is 2.56 bits per heavy atom. The molecule has 1 aromatic heterocycles. The van der Waals surface area contributed by atoms with Gasteiger partial charge in [-0.15, -0.1) is 0 Å². The molecule has 90 valence electrons. The zero-order valence-electron chi connectivity index (χ0n) is 9.72. The molecule has 2 aromatic rings. The lowest BCUT2D eigenvalue weighted by Crippen LogP contribution is -2.37. The number of para-hydroxylation sites is 1. The van der Waals surface area contributed by atoms with Gasteiger partial charge in [-0.2, -0.15) is 0 Å². The number of piperidine rings is 1. The van der Waals surface area contributed by atoms with E-state index >= 15 is 0 Å². The van der Waals surface area contributed by atoms with Gasteiger partial charge in [-0.25, -0.2) is 0 Å². The summed E-state index contributed by atoms with van der Waals surface area (Å²) in [5, 5.41) is 3.36. The number of amides is 2. The van der Waals surface area contributed by atoms with Crippen molar-refractivity contribution in [2.45, 2.75) is 18.8 Å². The molecule has 0 saturated carbocycles. The molecular weight excluding hydrogens is 228 g/mol. The quantitative estimate of drug-likeness (QED) is 0.772. The number of fused-ring (bicyclic) bond motifs is 1. The van der Waals surface area contributed by atoms with Crippen LogP contribution in [0.4, 0.5) is 0 Å². The van der Waals surface area contributed by atoms with Crippen LogP contribution in [-0.2, 0) is 9.59 Å². The molecule has 0 radical (unpaired) electrons. The Kier molecular flexibility index (Phi) is 2.55. The van der Waals surface area contributed by atoms with E-state index in [0.717, 1.165) is 16.5 Å². The Morgan fingerprint density at radius 1 is 1.06 bits per heavy atom. The van der Waals surface area contributed by atoms with Crippen molar-refractivity contribution in [3.8, 4) is 0 Å². The molecule has 0 bridgehead atoms. The predicted octanol–water partition coefficient (Wildman–Crippen LogP) is 1.75. The fourth-order valence-corrected chi connectivity index (χ4v) is 2.45. The van der Waals surface area contributed by atoms with Gasteiger partial charge in [-0.3, -0.25) is 19.9 Å². The van der Waals surface area contributed by atoms with Gasteiger partial charge in [-0.1, -0.05) is 24.3 Å². The van der Waals surface area contributed by atoms with Crippen molar-refractivity contribution >= 4 is 22.7 Å². The van der Waals surface area contributed by atoms with E-state index < -0.39 is 0 Å². The van der Waals surface area contributed by atoms with Crippen molar-refractivity contribution < 1.29 is 9.59 Å². The van der Waals surface area contributed by atoms with Gasteiger partial charge in [0.2, 0.25) is 11.8 Å². The summed E-state index contributed by atoms with van der Waals surface area (Å²) >= 11 is 0. The minimum atomic E-state index is -0.204. The molecule has 3 rings (SSSR count).